The summed E-state index contributed by atoms with van der Waals surface area (Å²) >= 11 is 0. The molecule has 0 aromatic carbocycles. The van der Waals surface area contributed by atoms with E-state index in [0.29, 0.717) is 19.4 Å². The molecule has 22 heavy (non-hydrogen) atoms. The Morgan fingerprint density at radius 3 is 1.95 bits per heavy atom. The van der Waals surface area contributed by atoms with Gasteiger partial charge in [0.15, 0.2) is 0 Å². The van der Waals surface area contributed by atoms with Crippen LogP contribution in [0.15, 0.2) is 0 Å². The maximum Gasteiger partial charge on any atom is 0.303 e. The molecule has 0 aliphatic heterocycles. The predicted molar refractivity (Wildman–Crippen MR) is 92.1 cm³/mol. The van der Waals surface area contributed by atoms with E-state index in [0.717, 1.165) is 38.5 Å². The van der Waals surface area contributed by atoms with Crippen molar-refractivity contribution in [2.24, 2.45) is 5.73 Å². The van der Waals surface area contributed by atoms with Gasteiger partial charge in [0.05, 0.1) is 0 Å². The van der Waals surface area contributed by atoms with Crippen molar-refractivity contribution in [1.82, 2.24) is 5.32 Å². The lowest BCUT2D eigenvalue weighted by atomic mass is 10.1. The molecule has 0 aliphatic carbocycles. The summed E-state index contributed by atoms with van der Waals surface area (Å²) in [6, 6.07) is 0. The second-order valence-electron chi connectivity index (χ2n) is 5.53. The van der Waals surface area contributed by atoms with Crippen LogP contribution in [0.3, 0.4) is 0 Å². The molecule has 0 heterocycles. The van der Waals surface area contributed by atoms with Crippen LogP contribution >= 0.6 is 0 Å². The predicted octanol–water partition coefficient (Wildman–Crippen LogP) is 3.12. The van der Waals surface area contributed by atoms with Crippen molar-refractivity contribution in [2.75, 3.05) is 20.1 Å². The minimum Gasteiger partial charge on any atom is -0.481 e. The first-order valence-corrected chi connectivity index (χ1v) is 8.69. The summed E-state index contributed by atoms with van der Waals surface area (Å²) in [4.78, 5) is 19.9. The molecule has 0 bridgehead atoms. The summed E-state index contributed by atoms with van der Waals surface area (Å²) in [6.07, 6.45) is 13.4. The monoisotopic (exact) mass is 316 g/mol. The van der Waals surface area contributed by atoms with Crippen molar-refractivity contribution in [2.45, 2.75) is 77.0 Å². The first-order valence-electron chi connectivity index (χ1n) is 8.69. The van der Waals surface area contributed by atoms with Gasteiger partial charge in [-0.1, -0.05) is 38.5 Å². The first kappa shape index (κ1) is 23.3. The van der Waals surface area contributed by atoms with Gasteiger partial charge in [-0.05, 0) is 45.8 Å². The number of hydrogen-bond donors (Lipinski definition) is 3. The molecule has 0 fully saturated rings. The minimum absolute atomic E-state index is 0.335. The molecule has 0 amide bonds. The number of hydrogen-bond acceptors (Lipinski definition) is 4. The van der Waals surface area contributed by atoms with Crippen LogP contribution in [-0.2, 0) is 9.59 Å². The Hall–Kier alpha value is -0.940. The van der Waals surface area contributed by atoms with Crippen molar-refractivity contribution < 1.29 is 14.7 Å². The van der Waals surface area contributed by atoms with E-state index < -0.39 is 5.97 Å². The van der Waals surface area contributed by atoms with Crippen molar-refractivity contribution in [3.8, 4) is 0 Å². The Morgan fingerprint density at radius 1 is 0.955 bits per heavy atom. The van der Waals surface area contributed by atoms with Gasteiger partial charge in [0.1, 0.15) is 6.29 Å². The molecule has 0 aliphatic rings. The molecule has 0 unspecified atom stereocenters. The second-order valence-corrected chi connectivity index (χ2v) is 5.53. The quantitative estimate of drug-likeness (QED) is 0.319. The minimum atomic E-state index is -0.665. The topological polar surface area (TPSA) is 92.4 Å². The molecule has 0 spiro atoms. The van der Waals surface area contributed by atoms with Crippen molar-refractivity contribution in [1.29, 1.82) is 0 Å². The van der Waals surface area contributed by atoms with Crippen LogP contribution in [-0.4, -0.2) is 37.5 Å². The van der Waals surface area contributed by atoms with Gasteiger partial charge in [-0.2, -0.15) is 0 Å². The molecule has 0 saturated carbocycles. The van der Waals surface area contributed by atoms with Gasteiger partial charge >= 0.3 is 5.97 Å². The average molecular weight is 316 g/mol. The Bertz CT molecular complexity index is 236. The molecule has 0 atom stereocenters. The number of rotatable bonds is 15. The molecule has 0 aromatic rings. The highest BCUT2D eigenvalue weighted by Gasteiger charge is 1.96. The van der Waals surface area contributed by atoms with E-state index in [9.17, 15) is 9.59 Å². The van der Waals surface area contributed by atoms with Crippen LogP contribution in [0.1, 0.15) is 77.0 Å². The van der Waals surface area contributed by atoms with Crippen molar-refractivity contribution >= 4 is 12.3 Å². The maximum absolute atomic E-state index is 10.2. The van der Waals surface area contributed by atoms with E-state index in [1.807, 2.05) is 7.05 Å². The van der Waals surface area contributed by atoms with Crippen LogP contribution in [0.2, 0.25) is 0 Å². The fraction of sp³-hybridized carbons (Fsp3) is 0.882. The Morgan fingerprint density at radius 2 is 1.50 bits per heavy atom. The fourth-order valence-electron chi connectivity index (χ4n) is 2.01. The summed E-state index contributed by atoms with van der Waals surface area (Å²) in [5, 5.41) is 11.6. The van der Waals surface area contributed by atoms with Gasteiger partial charge in [-0.3, -0.25) is 4.79 Å². The number of carbonyl (C=O) groups is 2. The molecule has 5 heteroatoms. The molecule has 4 N–H and O–H groups in total. The van der Waals surface area contributed by atoms with Crippen molar-refractivity contribution in [3.63, 3.8) is 0 Å². The summed E-state index contributed by atoms with van der Waals surface area (Å²) in [5.74, 6) is -0.665. The summed E-state index contributed by atoms with van der Waals surface area (Å²) in [7, 11) is 1.99. The lowest BCUT2D eigenvalue weighted by Crippen LogP contribution is -2.06. The van der Waals surface area contributed by atoms with Gasteiger partial charge < -0.3 is 21.0 Å². The van der Waals surface area contributed by atoms with Crippen LogP contribution in [0, 0.1) is 0 Å². The van der Waals surface area contributed by atoms with E-state index in [1.54, 1.807) is 0 Å². The number of carboxylic acids is 1. The summed E-state index contributed by atoms with van der Waals surface area (Å²) in [5.41, 5.74) is 5.15. The third-order valence-electron chi connectivity index (χ3n) is 3.34. The highest BCUT2D eigenvalue weighted by atomic mass is 16.4. The SMILES string of the molecule is CNCCCCCCCCCCC(=O)O.NCCCCC=O. The standard InChI is InChI=1S/C12H25NO2.C5H11NO/c1-13-11-9-7-5-3-2-4-6-8-10-12(14)15;6-4-2-1-3-5-7/h13H,2-11H2,1H3,(H,14,15);5H,1-4,6H2. The Kier molecular flexibility index (Phi) is 23.7. The molecule has 0 saturated heterocycles. The third-order valence-corrected chi connectivity index (χ3v) is 3.34. The summed E-state index contributed by atoms with van der Waals surface area (Å²) in [6.45, 7) is 1.83. The average Bonchev–Trinajstić information content (AvgIpc) is 2.50. The number of nitrogens with two attached hydrogens (primary N) is 1. The van der Waals surface area contributed by atoms with Crippen LogP contribution in [0.5, 0.6) is 0 Å². The third kappa shape index (κ3) is 27.4. The van der Waals surface area contributed by atoms with E-state index in [4.69, 9.17) is 10.8 Å². The highest BCUT2D eigenvalue weighted by Crippen LogP contribution is 2.09. The number of aliphatic carboxylic acids is 1. The van der Waals surface area contributed by atoms with Gasteiger partial charge in [0.25, 0.3) is 0 Å². The van der Waals surface area contributed by atoms with Gasteiger partial charge in [-0.15, -0.1) is 0 Å². The lowest BCUT2D eigenvalue weighted by molar-refractivity contribution is -0.137. The van der Waals surface area contributed by atoms with E-state index >= 15 is 0 Å². The molecule has 5 nitrogen and oxygen atoms in total. The van der Waals surface area contributed by atoms with E-state index in [-0.39, 0.29) is 0 Å². The molecule has 132 valence electrons. The molecular formula is C17H36N2O3. The number of nitrogens with one attached hydrogen (secondary N) is 1. The second kappa shape index (κ2) is 22.3. The zero-order valence-corrected chi connectivity index (χ0v) is 14.3. The number of carboxylic acid groups (broad SMARTS) is 1. The number of aldehydes is 1. The summed E-state index contributed by atoms with van der Waals surface area (Å²) < 4.78 is 0. The van der Waals surface area contributed by atoms with Crippen LogP contribution in [0.4, 0.5) is 0 Å². The first-order chi connectivity index (χ1) is 10.7. The Labute approximate surface area is 136 Å². The van der Waals surface area contributed by atoms with E-state index in [1.165, 1.54) is 38.5 Å². The Balaban J connectivity index is 0. The van der Waals surface area contributed by atoms with Crippen molar-refractivity contribution in [3.05, 3.63) is 0 Å². The number of carbonyl (C=O) groups excluding carboxylic acids is 1. The lowest BCUT2D eigenvalue weighted by Gasteiger charge is -2.01. The molecule has 0 aromatic heterocycles. The molecule has 0 radical (unpaired) electrons. The van der Waals surface area contributed by atoms with Crippen LogP contribution in [0.25, 0.3) is 0 Å². The van der Waals surface area contributed by atoms with E-state index in [2.05, 4.69) is 5.32 Å². The number of unbranched alkanes of at least 4 members (excludes halogenated alkanes) is 9. The van der Waals surface area contributed by atoms with Gasteiger partial charge in [0.2, 0.25) is 0 Å². The molecular weight excluding hydrogens is 280 g/mol. The maximum atomic E-state index is 10.2. The normalized spacial score (nSPS) is 9.91. The fourth-order valence-corrected chi connectivity index (χ4v) is 2.01. The highest BCUT2D eigenvalue weighted by molar-refractivity contribution is 5.66. The largest absolute Gasteiger partial charge is 0.481 e. The zero-order valence-electron chi connectivity index (χ0n) is 14.3. The zero-order chi connectivity index (χ0) is 16.9. The van der Waals surface area contributed by atoms with Gasteiger partial charge in [0, 0.05) is 12.8 Å². The molecule has 0 rings (SSSR count). The van der Waals surface area contributed by atoms with Gasteiger partial charge in [-0.25, -0.2) is 0 Å². The van der Waals surface area contributed by atoms with Crippen LogP contribution < -0.4 is 11.1 Å². The smallest absolute Gasteiger partial charge is 0.303 e.